The van der Waals surface area contributed by atoms with Crippen molar-refractivity contribution >= 4 is 29.9 Å². The Balaban J connectivity index is 0.00000180. The van der Waals surface area contributed by atoms with Gasteiger partial charge in [-0.25, -0.2) is 0 Å². The molecule has 0 bridgehead atoms. The highest BCUT2D eigenvalue weighted by molar-refractivity contribution is 14.0. The predicted molar refractivity (Wildman–Crippen MR) is 88.1 cm³/mol. The van der Waals surface area contributed by atoms with Crippen LogP contribution in [0.25, 0.3) is 0 Å². The summed E-state index contributed by atoms with van der Waals surface area (Å²) in [4.78, 5) is 6.72. The van der Waals surface area contributed by atoms with Gasteiger partial charge in [0.25, 0.3) is 0 Å². The molecule has 2 heterocycles. The van der Waals surface area contributed by atoms with Crippen molar-refractivity contribution in [2.75, 3.05) is 32.7 Å². The fraction of sp³-hybridized carbons (Fsp3) is 0.615. The van der Waals surface area contributed by atoms with Gasteiger partial charge in [-0.3, -0.25) is 9.89 Å². The molecular weight excluding hydrogens is 355 g/mol. The molecule has 2 rings (SSSR count). The number of halogens is 1. The van der Waals surface area contributed by atoms with E-state index in [2.05, 4.69) is 34.4 Å². The third-order valence-corrected chi connectivity index (χ3v) is 3.26. The normalized spacial score (nSPS) is 15.6. The van der Waals surface area contributed by atoms with E-state index in [9.17, 15) is 0 Å². The SMILES string of the molecule is CCN(CC)C(CNC1=NCCN1)c1ccco1.I. The van der Waals surface area contributed by atoms with Crippen molar-refractivity contribution in [1.29, 1.82) is 0 Å². The third-order valence-electron chi connectivity index (χ3n) is 3.26. The molecular formula is C13H23IN4O. The van der Waals surface area contributed by atoms with Crippen LogP contribution in [0.2, 0.25) is 0 Å². The van der Waals surface area contributed by atoms with E-state index in [4.69, 9.17) is 4.42 Å². The fourth-order valence-corrected chi connectivity index (χ4v) is 2.26. The van der Waals surface area contributed by atoms with E-state index >= 15 is 0 Å². The van der Waals surface area contributed by atoms with Crippen molar-refractivity contribution in [3.05, 3.63) is 24.2 Å². The van der Waals surface area contributed by atoms with E-state index in [-0.39, 0.29) is 30.0 Å². The van der Waals surface area contributed by atoms with Gasteiger partial charge in [-0.2, -0.15) is 0 Å². The summed E-state index contributed by atoms with van der Waals surface area (Å²) >= 11 is 0. The van der Waals surface area contributed by atoms with Crippen molar-refractivity contribution in [3.63, 3.8) is 0 Å². The van der Waals surface area contributed by atoms with E-state index in [1.54, 1.807) is 6.26 Å². The first-order valence-corrected chi connectivity index (χ1v) is 6.64. The number of furan rings is 1. The first-order chi connectivity index (χ1) is 8.85. The highest BCUT2D eigenvalue weighted by Crippen LogP contribution is 2.20. The van der Waals surface area contributed by atoms with Crippen molar-refractivity contribution < 1.29 is 4.42 Å². The number of nitrogens with zero attached hydrogens (tertiary/aromatic N) is 2. The van der Waals surface area contributed by atoms with Crippen LogP contribution < -0.4 is 10.6 Å². The van der Waals surface area contributed by atoms with Crippen molar-refractivity contribution in [1.82, 2.24) is 15.5 Å². The molecule has 0 radical (unpaired) electrons. The maximum atomic E-state index is 5.55. The summed E-state index contributed by atoms with van der Waals surface area (Å²) in [6.07, 6.45) is 1.73. The third kappa shape index (κ3) is 4.38. The highest BCUT2D eigenvalue weighted by Gasteiger charge is 2.21. The molecule has 0 amide bonds. The molecule has 1 aliphatic rings. The second kappa shape index (κ2) is 8.42. The summed E-state index contributed by atoms with van der Waals surface area (Å²) in [5.41, 5.74) is 0. The number of hydrogen-bond donors (Lipinski definition) is 2. The average Bonchev–Trinajstić information content (AvgIpc) is 3.07. The van der Waals surface area contributed by atoms with Gasteiger partial charge in [-0.05, 0) is 25.2 Å². The zero-order valence-electron chi connectivity index (χ0n) is 11.6. The monoisotopic (exact) mass is 378 g/mol. The van der Waals surface area contributed by atoms with E-state index in [0.29, 0.717) is 0 Å². The maximum Gasteiger partial charge on any atom is 0.191 e. The number of aliphatic imine (C=N–C) groups is 1. The van der Waals surface area contributed by atoms with Gasteiger partial charge in [0.2, 0.25) is 0 Å². The summed E-state index contributed by atoms with van der Waals surface area (Å²) in [6.45, 7) is 8.95. The Bertz CT molecular complexity index is 376. The lowest BCUT2D eigenvalue weighted by atomic mass is 10.2. The van der Waals surface area contributed by atoms with Crippen LogP contribution in [0.3, 0.4) is 0 Å². The molecule has 0 spiro atoms. The highest BCUT2D eigenvalue weighted by atomic mass is 127. The molecule has 0 aliphatic carbocycles. The quantitative estimate of drug-likeness (QED) is 0.742. The first-order valence-electron chi connectivity index (χ1n) is 6.64. The number of nitrogens with one attached hydrogen (secondary N) is 2. The molecule has 2 N–H and O–H groups in total. The molecule has 0 aromatic carbocycles. The van der Waals surface area contributed by atoms with Crippen LogP contribution in [0.1, 0.15) is 25.6 Å². The molecule has 108 valence electrons. The first kappa shape index (κ1) is 16.3. The Hall–Kier alpha value is -0.760. The molecule has 0 saturated heterocycles. The zero-order chi connectivity index (χ0) is 12.8. The lowest BCUT2D eigenvalue weighted by Crippen LogP contribution is -2.41. The minimum absolute atomic E-state index is 0. The average molecular weight is 378 g/mol. The Labute approximate surface area is 131 Å². The van der Waals surface area contributed by atoms with Crippen molar-refractivity contribution in [2.24, 2.45) is 4.99 Å². The Morgan fingerprint density at radius 2 is 2.26 bits per heavy atom. The second-order valence-electron chi connectivity index (χ2n) is 4.29. The largest absolute Gasteiger partial charge is 0.468 e. The van der Waals surface area contributed by atoms with Crippen LogP contribution in [0.15, 0.2) is 27.8 Å². The van der Waals surface area contributed by atoms with Crippen LogP contribution in [-0.4, -0.2) is 43.6 Å². The second-order valence-corrected chi connectivity index (χ2v) is 4.29. The molecule has 6 heteroatoms. The van der Waals surface area contributed by atoms with Gasteiger partial charge < -0.3 is 15.1 Å². The lowest BCUT2D eigenvalue weighted by Gasteiger charge is -2.28. The summed E-state index contributed by atoms with van der Waals surface area (Å²) in [5, 5.41) is 6.58. The van der Waals surface area contributed by atoms with Crippen LogP contribution in [0.5, 0.6) is 0 Å². The molecule has 0 fully saturated rings. The Morgan fingerprint density at radius 3 is 2.79 bits per heavy atom. The zero-order valence-corrected chi connectivity index (χ0v) is 13.9. The van der Waals surface area contributed by atoms with Gasteiger partial charge in [0.1, 0.15) is 5.76 Å². The number of guanidine groups is 1. The van der Waals surface area contributed by atoms with E-state index < -0.39 is 0 Å². The smallest absolute Gasteiger partial charge is 0.191 e. The lowest BCUT2D eigenvalue weighted by molar-refractivity contribution is 0.193. The number of hydrogen-bond acceptors (Lipinski definition) is 5. The van der Waals surface area contributed by atoms with Gasteiger partial charge in [-0.15, -0.1) is 24.0 Å². The summed E-state index contributed by atoms with van der Waals surface area (Å²) in [5.74, 6) is 1.91. The molecule has 1 aliphatic heterocycles. The van der Waals surface area contributed by atoms with Crippen LogP contribution in [-0.2, 0) is 0 Å². The molecule has 19 heavy (non-hydrogen) atoms. The van der Waals surface area contributed by atoms with Crippen LogP contribution >= 0.6 is 24.0 Å². The summed E-state index contributed by atoms with van der Waals surface area (Å²) < 4.78 is 5.55. The number of rotatable bonds is 6. The minimum atomic E-state index is 0. The van der Waals surface area contributed by atoms with Gasteiger partial charge in [0.05, 0.1) is 18.8 Å². The minimum Gasteiger partial charge on any atom is -0.468 e. The van der Waals surface area contributed by atoms with Crippen molar-refractivity contribution in [3.8, 4) is 0 Å². The van der Waals surface area contributed by atoms with Gasteiger partial charge >= 0.3 is 0 Å². The van der Waals surface area contributed by atoms with E-state index in [1.807, 2.05) is 12.1 Å². The van der Waals surface area contributed by atoms with Crippen molar-refractivity contribution in [2.45, 2.75) is 19.9 Å². The predicted octanol–water partition coefficient (Wildman–Crippen LogP) is 1.83. The van der Waals surface area contributed by atoms with E-state index in [1.165, 1.54) is 0 Å². The molecule has 1 unspecified atom stereocenters. The van der Waals surface area contributed by atoms with Gasteiger partial charge in [0, 0.05) is 13.1 Å². The number of likely N-dealkylation sites (N-methyl/N-ethyl adjacent to an activating group) is 1. The molecule has 1 aromatic heterocycles. The topological polar surface area (TPSA) is 52.8 Å². The molecule has 1 atom stereocenters. The molecule has 5 nitrogen and oxygen atoms in total. The summed E-state index contributed by atoms with van der Waals surface area (Å²) in [7, 11) is 0. The summed E-state index contributed by atoms with van der Waals surface area (Å²) in [6, 6.07) is 4.23. The maximum absolute atomic E-state index is 5.55. The van der Waals surface area contributed by atoms with Crippen LogP contribution in [0.4, 0.5) is 0 Å². The molecule has 1 aromatic rings. The van der Waals surface area contributed by atoms with Crippen LogP contribution in [0, 0.1) is 0 Å². The Kier molecular flexibility index (Phi) is 7.22. The Morgan fingerprint density at radius 1 is 1.47 bits per heavy atom. The van der Waals surface area contributed by atoms with Gasteiger partial charge in [-0.1, -0.05) is 13.8 Å². The standard InChI is InChI=1S/C13H22N4O.HI/c1-3-17(4-2)11(12-6-5-9-18-12)10-16-13-14-7-8-15-13;/h5-6,9,11H,3-4,7-8,10H2,1-2H3,(H2,14,15,16);1H. The van der Waals surface area contributed by atoms with E-state index in [0.717, 1.165) is 44.4 Å². The van der Waals surface area contributed by atoms with Gasteiger partial charge in [0.15, 0.2) is 5.96 Å². The fourth-order valence-electron chi connectivity index (χ4n) is 2.26. The molecule has 0 saturated carbocycles.